The maximum absolute atomic E-state index is 13.5. The minimum atomic E-state index is -0.663. The predicted molar refractivity (Wildman–Crippen MR) is 145 cm³/mol. The van der Waals surface area contributed by atoms with Gasteiger partial charge in [-0.25, -0.2) is 4.79 Å². The van der Waals surface area contributed by atoms with Crippen molar-refractivity contribution in [1.29, 1.82) is 0 Å². The van der Waals surface area contributed by atoms with Crippen LogP contribution in [0.1, 0.15) is 82.5 Å². The second-order valence-electron chi connectivity index (χ2n) is 11.6. The first-order valence-corrected chi connectivity index (χ1v) is 13.8. The van der Waals surface area contributed by atoms with Crippen molar-refractivity contribution >= 4 is 34.7 Å². The number of ether oxygens (including phenoxy) is 1. The second-order valence-corrected chi connectivity index (χ2v) is 11.6. The Kier molecular flexibility index (Phi) is 8.43. The van der Waals surface area contributed by atoms with Gasteiger partial charge in [0.2, 0.25) is 11.8 Å². The third kappa shape index (κ3) is 6.55. The van der Waals surface area contributed by atoms with Crippen molar-refractivity contribution in [3.63, 3.8) is 0 Å². The monoisotopic (exact) mass is 524 g/mol. The number of likely N-dealkylation sites (tertiary alicyclic amines) is 1. The number of aromatic nitrogens is 1. The standard InChI is InChI=1S/C29H40N4O5/c1-28(2,3)38-27(37)30-16-6-4-5-7-17-32-18-13-21-22(10-8-11-23(21)32)25(35)33-19-15-29(20-33)14-9-12-24(34)31-26(29)36/h8,10-11,13,18H,4-7,9,12,14-17,19-20H2,1-3H3,(H,30,37)(H,31,34,36). The maximum atomic E-state index is 13.5. The Bertz CT molecular complexity index is 1200. The summed E-state index contributed by atoms with van der Waals surface area (Å²) in [6.07, 6.45) is 7.83. The fourth-order valence-corrected chi connectivity index (χ4v) is 5.50. The van der Waals surface area contributed by atoms with Crippen LogP contribution in [0, 0.1) is 5.41 Å². The Morgan fingerprint density at radius 1 is 1.08 bits per heavy atom. The first kappa shape index (κ1) is 27.7. The Hall–Kier alpha value is -3.36. The van der Waals surface area contributed by atoms with Crippen LogP contribution in [-0.2, 0) is 20.9 Å². The molecular weight excluding hydrogens is 484 g/mol. The summed E-state index contributed by atoms with van der Waals surface area (Å²) in [4.78, 5) is 51.5. The number of carbonyl (C=O) groups excluding carboxylic acids is 4. The smallest absolute Gasteiger partial charge is 0.407 e. The lowest BCUT2D eigenvalue weighted by molar-refractivity contribution is -0.135. The van der Waals surface area contributed by atoms with Crippen LogP contribution in [0.2, 0.25) is 0 Å². The number of aryl methyl sites for hydroxylation is 1. The largest absolute Gasteiger partial charge is 0.444 e. The predicted octanol–water partition coefficient (Wildman–Crippen LogP) is 4.39. The van der Waals surface area contributed by atoms with Gasteiger partial charge < -0.3 is 19.5 Å². The van der Waals surface area contributed by atoms with Gasteiger partial charge in [-0.3, -0.25) is 19.7 Å². The van der Waals surface area contributed by atoms with Crippen LogP contribution in [0.5, 0.6) is 0 Å². The van der Waals surface area contributed by atoms with E-state index in [9.17, 15) is 19.2 Å². The van der Waals surface area contributed by atoms with Gasteiger partial charge in [0, 0.05) is 55.3 Å². The summed E-state index contributed by atoms with van der Waals surface area (Å²) < 4.78 is 7.43. The molecule has 1 aromatic carbocycles. The fourth-order valence-electron chi connectivity index (χ4n) is 5.50. The molecule has 2 saturated heterocycles. The Labute approximate surface area is 224 Å². The molecule has 2 aliphatic rings. The molecule has 4 amide bonds. The Morgan fingerprint density at radius 3 is 2.66 bits per heavy atom. The van der Waals surface area contributed by atoms with Gasteiger partial charge in [-0.2, -0.15) is 0 Å². The van der Waals surface area contributed by atoms with Crippen molar-refractivity contribution in [2.75, 3.05) is 19.6 Å². The van der Waals surface area contributed by atoms with Crippen molar-refractivity contribution in [1.82, 2.24) is 20.1 Å². The van der Waals surface area contributed by atoms with E-state index in [1.807, 2.05) is 51.2 Å². The van der Waals surface area contributed by atoms with Gasteiger partial charge in [0.05, 0.1) is 5.41 Å². The van der Waals surface area contributed by atoms with Crippen molar-refractivity contribution < 1.29 is 23.9 Å². The number of nitrogens with one attached hydrogen (secondary N) is 2. The average Bonchev–Trinajstić information content (AvgIpc) is 3.44. The highest BCUT2D eigenvalue weighted by Gasteiger charge is 2.47. The minimum absolute atomic E-state index is 0.0638. The molecule has 0 saturated carbocycles. The van der Waals surface area contributed by atoms with Crippen LogP contribution in [0.15, 0.2) is 30.5 Å². The summed E-state index contributed by atoms with van der Waals surface area (Å²) >= 11 is 0. The van der Waals surface area contributed by atoms with Crippen molar-refractivity contribution in [3.8, 4) is 0 Å². The summed E-state index contributed by atoms with van der Waals surface area (Å²) in [5, 5.41) is 6.22. The molecule has 1 unspecified atom stereocenters. The molecule has 9 heteroatoms. The molecule has 0 radical (unpaired) electrons. The molecular formula is C29H40N4O5. The topological polar surface area (TPSA) is 110 Å². The fraction of sp³-hybridized carbons (Fsp3) is 0.586. The number of hydrogen-bond donors (Lipinski definition) is 2. The number of carbonyl (C=O) groups is 4. The van der Waals surface area contributed by atoms with Gasteiger partial charge in [-0.05, 0) is 71.1 Å². The molecule has 1 aromatic heterocycles. The first-order valence-electron chi connectivity index (χ1n) is 13.8. The molecule has 1 spiro atoms. The maximum Gasteiger partial charge on any atom is 0.407 e. The van der Waals surface area contributed by atoms with Crippen LogP contribution in [-0.4, -0.2) is 58.5 Å². The van der Waals surface area contributed by atoms with Crippen LogP contribution in [0.3, 0.4) is 0 Å². The SMILES string of the molecule is CC(C)(C)OC(=O)NCCCCCCn1ccc2c(C(=O)N3CCC4(CCCC(=O)NC4=O)C3)cccc21. The van der Waals surface area contributed by atoms with E-state index < -0.39 is 11.0 Å². The highest BCUT2D eigenvalue weighted by atomic mass is 16.6. The van der Waals surface area contributed by atoms with E-state index in [1.165, 1.54) is 0 Å². The van der Waals surface area contributed by atoms with E-state index in [-0.39, 0.29) is 23.8 Å². The molecule has 206 valence electrons. The van der Waals surface area contributed by atoms with Crippen LogP contribution >= 0.6 is 0 Å². The zero-order valence-electron chi connectivity index (χ0n) is 22.8. The Morgan fingerprint density at radius 2 is 1.87 bits per heavy atom. The Balaban J connectivity index is 1.29. The molecule has 4 rings (SSSR count). The van der Waals surface area contributed by atoms with E-state index in [4.69, 9.17) is 4.74 Å². The van der Waals surface area contributed by atoms with Crippen molar-refractivity contribution in [3.05, 3.63) is 36.0 Å². The molecule has 0 bridgehead atoms. The molecule has 2 N–H and O–H groups in total. The van der Waals surface area contributed by atoms with Crippen LogP contribution in [0.4, 0.5) is 4.79 Å². The third-order valence-corrected chi connectivity index (χ3v) is 7.47. The lowest BCUT2D eigenvalue weighted by Crippen LogP contribution is -2.43. The van der Waals surface area contributed by atoms with E-state index in [2.05, 4.69) is 15.2 Å². The number of alkyl carbamates (subject to hydrolysis) is 1. The highest BCUT2D eigenvalue weighted by molar-refractivity contribution is 6.07. The lowest BCUT2D eigenvalue weighted by Gasteiger charge is -2.25. The summed E-state index contributed by atoms with van der Waals surface area (Å²) in [7, 11) is 0. The number of hydrogen-bond acceptors (Lipinski definition) is 5. The number of imide groups is 1. The van der Waals surface area contributed by atoms with E-state index in [0.29, 0.717) is 50.9 Å². The van der Waals surface area contributed by atoms with Crippen molar-refractivity contribution in [2.24, 2.45) is 5.41 Å². The first-order chi connectivity index (χ1) is 18.1. The second kappa shape index (κ2) is 11.6. The number of fused-ring (bicyclic) bond motifs is 1. The van der Waals surface area contributed by atoms with Crippen molar-refractivity contribution in [2.45, 2.75) is 84.3 Å². The van der Waals surface area contributed by atoms with Gasteiger partial charge in [0.25, 0.3) is 5.91 Å². The highest BCUT2D eigenvalue weighted by Crippen LogP contribution is 2.38. The number of nitrogens with zero attached hydrogens (tertiary/aromatic N) is 2. The van der Waals surface area contributed by atoms with Gasteiger partial charge >= 0.3 is 6.09 Å². The zero-order chi connectivity index (χ0) is 27.3. The van der Waals surface area contributed by atoms with E-state index >= 15 is 0 Å². The lowest BCUT2D eigenvalue weighted by atomic mass is 9.82. The number of benzene rings is 1. The summed E-state index contributed by atoms with van der Waals surface area (Å²) in [6, 6.07) is 7.80. The van der Waals surface area contributed by atoms with E-state index in [1.54, 1.807) is 4.90 Å². The third-order valence-electron chi connectivity index (χ3n) is 7.47. The summed E-state index contributed by atoms with van der Waals surface area (Å²) in [5.41, 5.74) is 0.521. The average molecular weight is 525 g/mol. The normalized spacial score (nSPS) is 20.0. The molecule has 1 atom stereocenters. The quantitative estimate of drug-likeness (QED) is 0.393. The summed E-state index contributed by atoms with van der Waals surface area (Å²) in [6.45, 7) is 7.86. The van der Waals surface area contributed by atoms with Crippen LogP contribution < -0.4 is 10.6 Å². The van der Waals surface area contributed by atoms with Crippen LogP contribution in [0.25, 0.3) is 10.9 Å². The van der Waals surface area contributed by atoms with E-state index in [0.717, 1.165) is 43.1 Å². The number of unbranched alkanes of at least 4 members (excludes halogenated alkanes) is 3. The number of rotatable bonds is 8. The van der Waals surface area contributed by atoms with Gasteiger partial charge in [-0.15, -0.1) is 0 Å². The molecule has 2 fully saturated rings. The van der Waals surface area contributed by atoms with Gasteiger partial charge in [0.15, 0.2) is 0 Å². The zero-order valence-corrected chi connectivity index (χ0v) is 22.8. The number of amides is 4. The molecule has 3 heterocycles. The molecule has 38 heavy (non-hydrogen) atoms. The minimum Gasteiger partial charge on any atom is -0.444 e. The van der Waals surface area contributed by atoms with Gasteiger partial charge in [-0.1, -0.05) is 18.9 Å². The van der Waals surface area contributed by atoms with Gasteiger partial charge in [0.1, 0.15) is 5.60 Å². The molecule has 2 aliphatic heterocycles. The molecule has 2 aromatic rings. The molecule has 9 nitrogen and oxygen atoms in total. The molecule has 0 aliphatic carbocycles. The summed E-state index contributed by atoms with van der Waals surface area (Å²) in [5.74, 6) is -0.522.